The van der Waals surface area contributed by atoms with Crippen molar-refractivity contribution in [3.63, 3.8) is 0 Å². The smallest absolute Gasteiger partial charge is 0.303 e. The van der Waals surface area contributed by atoms with Crippen LogP contribution in [0, 0.1) is 0 Å². The zero-order chi connectivity index (χ0) is 17.0. The summed E-state index contributed by atoms with van der Waals surface area (Å²) in [6.45, 7) is 7.90. The van der Waals surface area contributed by atoms with Crippen LogP contribution < -0.4 is 0 Å². The molecule has 0 amide bonds. The molecule has 0 aromatic rings. The van der Waals surface area contributed by atoms with E-state index in [0.29, 0.717) is 19.6 Å². The minimum absolute atomic E-state index is 0.0463. The molecular weight excluding hydrogens is 278 g/mol. The highest BCUT2D eigenvalue weighted by atomic mass is 16.4. The molecule has 0 aliphatic carbocycles. The molecule has 0 rings (SSSR count). The standard InChI is InChI=1S/C9H21NO3.C5H8O3/c1-7(11)4-10(5-8(2)12)6-9(3)13;1-4(6)2-3-5(7)8/h7-9,11-13H,4-6H2,1-3H3;2-3H2,1H3,(H,7,8). The van der Waals surface area contributed by atoms with Gasteiger partial charge in [-0.1, -0.05) is 0 Å². The Balaban J connectivity index is 0. The van der Waals surface area contributed by atoms with E-state index < -0.39 is 24.3 Å². The minimum atomic E-state index is -0.916. The van der Waals surface area contributed by atoms with Crippen LogP contribution in [-0.2, 0) is 9.59 Å². The van der Waals surface area contributed by atoms with E-state index in [1.54, 1.807) is 20.8 Å². The lowest BCUT2D eigenvalue weighted by atomic mass is 10.2. The normalized spacial score (nSPS) is 14.9. The molecule has 3 unspecified atom stereocenters. The van der Waals surface area contributed by atoms with Crippen LogP contribution in [0.5, 0.6) is 0 Å². The van der Waals surface area contributed by atoms with Gasteiger partial charge in [-0.05, 0) is 27.7 Å². The van der Waals surface area contributed by atoms with E-state index in [0.717, 1.165) is 0 Å². The minimum Gasteiger partial charge on any atom is -0.481 e. The van der Waals surface area contributed by atoms with Crippen molar-refractivity contribution in [2.45, 2.75) is 58.8 Å². The van der Waals surface area contributed by atoms with Crippen molar-refractivity contribution in [2.75, 3.05) is 19.6 Å². The number of nitrogens with zero attached hydrogens (tertiary/aromatic N) is 1. The maximum absolute atomic E-state index is 10.1. The average Bonchev–Trinajstić information content (AvgIpc) is 2.24. The lowest BCUT2D eigenvalue weighted by Crippen LogP contribution is -2.40. The average molecular weight is 307 g/mol. The summed E-state index contributed by atoms with van der Waals surface area (Å²) in [5.41, 5.74) is 0. The van der Waals surface area contributed by atoms with Gasteiger partial charge in [0.2, 0.25) is 0 Å². The number of carboxylic acid groups (broad SMARTS) is 1. The Hall–Kier alpha value is -1.02. The van der Waals surface area contributed by atoms with Gasteiger partial charge in [0.15, 0.2) is 0 Å². The number of carbonyl (C=O) groups is 2. The van der Waals surface area contributed by atoms with Crippen molar-refractivity contribution in [3.05, 3.63) is 0 Å². The summed E-state index contributed by atoms with van der Waals surface area (Å²) in [4.78, 5) is 21.7. The van der Waals surface area contributed by atoms with Gasteiger partial charge >= 0.3 is 5.97 Å². The maximum atomic E-state index is 10.1. The Labute approximate surface area is 126 Å². The molecular formula is C14H29NO6. The topological polar surface area (TPSA) is 118 Å². The largest absolute Gasteiger partial charge is 0.481 e. The fraction of sp³-hybridized carbons (Fsp3) is 0.857. The number of hydrogen-bond donors (Lipinski definition) is 4. The summed E-state index contributed by atoms with van der Waals surface area (Å²) in [5.74, 6) is -0.993. The van der Waals surface area contributed by atoms with Crippen LogP contribution in [0.1, 0.15) is 40.5 Å². The summed E-state index contributed by atoms with van der Waals surface area (Å²) in [6.07, 6.45) is -1.20. The third kappa shape index (κ3) is 21.4. The number of aliphatic hydroxyl groups excluding tert-OH is 3. The van der Waals surface area contributed by atoms with Gasteiger partial charge in [0.05, 0.1) is 24.7 Å². The number of rotatable bonds is 9. The van der Waals surface area contributed by atoms with Crippen molar-refractivity contribution < 1.29 is 30.0 Å². The summed E-state index contributed by atoms with van der Waals surface area (Å²) < 4.78 is 0. The van der Waals surface area contributed by atoms with Crippen molar-refractivity contribution in [2.24, 2.45) is 0 Å². The Morgan fingerprint density at radius 3 is 1.33 bits per heavy atom. The molecule has 0 aliphatic heterocycles. The molecule has 21 heavy (non-hydrogen) atoms. The van der Waals surface area contributed by atoms with E-state index in [9.17, 15) is 9.59 Å². The molecule has 0 saturated carbocycles. The SMILES string of the molecule is CC(=O)CCC(=O)O.CC(O)CN(CC(C)O)CC(C)O. The van der Waals surface area contributed by atoms with Gasteiger partial charge in [-0.2, -0.15) is 0 Å². The fourth-order valence-corrected chi connectivity index (χ4v) is 1.63. The molecule has 0 bridgehead atoms. The zero-order valence-electron chi connectivity index (χ0n) is 13.3. The van der Waals surface area contributed by atoms with Gasteiger partial charge < -0.3 is 25.2 Å². The molecule has 0 heterocycles. The molecule has 0 spiro atoms. The first-order valence-electron chi connectivity index (χ1n) is 7.02. The van der Waals surface area contributed by atoms with Crippen LogP contribution in [0.2, 0.25) is 0 Å². The number of Topliss-reactive ketones (excluding diaryl/α,β-unsaturated/α-hetero) is 1. The maximum Gasteiger partial charge on any atom is 0.303 e. The van der Waals surface area contributed by atoms with Crippen LogP contribution in [0.4, 0.5) is 0 Å². The zero-order valence-corrected chi connectivity index (χ0v) is 13.3. The molecule has 0 aromatic carbocycles. The monoisotopic (exact) mass is 307 g/mol. The van der Waals surface area contributed by atoms with Crippen molar-refractivity contribution >= 4 is 11.8 Å². The number of ketones is 1. The summed E-state index contributed by atoms with van der Waals surface area (Å²) in [7, 11) is 0. The number of carbonyl (C=O) groups excluding carboxylic acids is 1. The highest BCUT2D eigenvalue weighted by Gasteiger charge is 2.12. The van der Waals surface area contributed by atoms with E-state index >= 15 is 0 Å². The quantitative estimate of drug-likeness (QED) is 0.468. The van der Waals surface area contributed by atoms with Crippen molar-refractivity contribution in [1.82, 2.24) is 4.90 Å². The second-order valence-electron chi connectivity index (χ2n) is 5.36. The molecule has 4 N–H and O–H groups in total. The second-order valence-corrected chi connectivity index (χ2v) is 5.36. The predicted octanol–water partition coefficient (Wildman–Crippen LogP) is -0.129. The molecule has 0 aromatic heterocycles. The number of aliphatic hydroxyl groups is 3. The van der Waals surface area contributed by atoms with Gasteiger partial charge in [0, 0.05) is 26.1 Å². The van der Waals surface area contributed by atoms with E-state index in [-0.39, 0.29) is 18.6 Å². The summed E-state index contributed by atoms with van der Waals surface area (Å²) in [5, 5.41) is 35.4. The molecule has 0 radical (unpaired) electrons. The van der Waals surface area contributed by atoms with Crippen LogP contribution in [0.15, 0.2) is 0 Å². The Morgan fingerprint density at radius 2 is 1.19 bits per heavy atom. The van der Waals surface area contributed by atoms with Gasteiger partial charge in [0.1, 0.15) is 5.78 Å². The number of aliphatic carboxylic acids is 1. The highest BCUT2D eigenvalue weighted by molar-refractivity contribution is 5.80. The fourth-order valence-electron chi connectivity index (χ4n) is 1.63. The first-order chi connectivity index (χ1) is 9.54. The second kappa shape index (κ2) is 12.7. The molecule has 126 valence electrons. The highest BCUT2D eigenvalue weighted by Crippen LogP contribution is 1.97. The van der Waals surface area contributed by atoms with E-state index in [1.807, 2.05) is 4.90 Å². The van der Waals surface area contributed by atoms with Gasteiger partial charge in [-0.25, -0.2) is 0 Å². The molecule has 0 aliphatic rings. The Morgan fingerprint density at radius 1 is 0.857 bits per heavy atom. The van der Waals surface area contributed by atoms with Gasteiger partial charge in [-0.15, -0.1) is 0 Å². The third-order valence-electron chi connectivity index (χ3n) is 2.26. The van der Waals surface area contributed by atoms with E-state index in [4.69, 9.17) is 20.4 Å². The Bertz CT molecular complexity index is 253. The molecule has 7 heteroatoms. The molecule has 3 atom stereocenters. The van der Waals surface area contributed by atoms with E-state index in [2.05, 4.69) is 0 Å². The Kier molecular flexibility index (Phi) is 13.5. The lowest BCUT2D eigenvalue weighted by Gasteiger charge is -2.25. The van der Waals surface area contributed by atoms with E-state index in [1.165, 1.54) is 6.92 Å². The molecule has 0 fully saturated rings. The molecule has 0 saturated heterocycles. The number of hydrogen-bond acceptors (Lipinski definition) is 6. The van der Waals surface area contributed by atoms with Gasteiger partial charge in [0.25, 0.3) is 0 Å². The molecule has 7 nitrogen and oxygen atoms in total. The number of carboxylic acids is 1. The first kappa shape index (κ1) is 22.3. The van der Waals surface area contributed by atoms with Crippen LogP contribution >= 0.6 is 0 Å². The lowest BCUT2D eigenvalue weighted by molar-refractivity contribution is -0.138. The first-order valence-corrected chi connectivity index (χ1v) is 7.02. The van der Waals surface area contributed by atoms with Crippen molar-refractivity contribution in [3.8, 4) is 0 Å². The van der Waals surface area contributed by atoms with Crippen LogP contribution in [0.3, 0.4) is 0 Å². The predicted molar refractivity (Wildman–Crippen MR) is 79.0 cm³/mol. The van der Waals surface area contributed by atoms with Crippen LogP contribution in [-0.4, -0.2) is 75.0 Å². The third-order valence-corrected chi connectivity index (χ3v) is 2.26. The summed E-state index contributed by atoms with van der Waals surface area (Å²) >= 11 is 0. The van der Waals surface area contributed by atoms with Crippen LogP contribution in [0.25, 0.3) is 0 Å². The van der Waals surface area contributed by atoms with Crippen molar-refractivity contribution in [1.29, 1.82) is 0 Å². The summed E-state index contributed by atoms with van der Waals surface area (Å²) in [6, 6.07) is 0. The van der Waals surface area contributed by atoms with Gasteiger partial charge in [-0.3, -0.25) is 9.69 Å².